The molecule has 334 valence electrons. The fraction of sp³-hybridized carbons (Fsp3) is 0.767. The summed E-state index contributed by atoms with van der Waals surface area (Å²) in [6.45, 7) is 1.40. The third kappa shape index (κ3) is 21.1. The van der Waals surface area contributed by atoms with E-state index in [1.807, 2.05) is 0 Å². The highest BCUT2D eigenvalue weighted by molar-refractivity contribution is 5.69. The number of aliphatic hydroxyl groups is 7. The van der Waals surface area contributed by atoms with Gasteiger partial charge >= 0.3 is 11.9 Å². The van der Waals surface area contributed by atoms with Crippen LogP contribution in [0.1, 0.15) is 117 Å². The van der Waals surface area contributed by atoms with E-state index < -0.39 is 99.3 Å². The molecular weight excluding hydrogens is 756 g/mol. The number of carbonyl (C=O) groups is 2. The molecule has 0 spiro atoms. The second-order valence-electron chi connectivity index (χ2n) is 14.9. The SMILES string of the molecule is CC/C=C\C/C=C\C/C=C\C/C=C\CCCCCCCCCCCCC(=O)OC(COC(C)=O)COC1OC(COC2OC(CO)C(O)C(O)C2O)C(O)C(O)C1O. The van der Waals surface area contributed by atoms with Gasteiger partial charge in [0.15, 0.2) is 18.7 Å². The summed E-state index contributed by atoms with van der Waals surface area (Å²) in [7, 11) is 0. The fourth-order valence-corrected chi connectivity index (χ4v) is 6.40. The van der Waals surface area contributed by atoms with Crippen molar-refractivity contribution in [1.82, 2.24) is 0 Å². The molecule has 0 bridgehead atoms. The quantitative estimate of drug-likeness (QED) is 0.0312. The predicted molar refractivity (Wildman–Crippen MR) is 215 cm³/mol. The van der Waals surface area contributed by atoms with Crippen molar-refractivity contribution >= 4 is 11.9 Å². The minimum absolute atomic E-state index is 0.153. The molecule has 0 aromatic carbocycles. The molecule has 7 N–H and O–H groups in total. The van der Waals surface area contributed by atoms with E-state index in [4.69, 9.17) is 28.4 Å². The Morgan fingerprint density at radius 1 is 0.586 bits per heavy atom. The van der Waals surface area contributed by atoms with E-state index in [0.717, 1.165) is 57.8 Å². The molecule has 2 saturated heterocycles. The Morgan fingerprint density at radius 3 is 1.62 bits per heavy atom. The number of rotatable bonds is 30. The molecule has 2 aliphatic rings. The highest BCUT2D eigenvalue weighted by Gasteiger charge is 2.47. The smallest absolute Gasteiger partial charge is 0.306 e. The molecule has 0 amide bonds. The van der Waals surface area contributed by atoms with Gasteiger partial charge in [0.1, 0.15) is 55.4 Å². The van der Waals surface area contributed by atoms with E-state index in [2.05, 4.69) is 55.5 Å². The molecule has 0 aliphatic carbocycles. The molecule has 11 atom stereocenters. The van der Waals surface area contributed by atoms with Crippen LogP contribution in [0, 0.1) is 0 Å². The van der Waals surface area contributed by atoms with Crippen molar-refractivity contribution in [3.63, 3.8) is 0 Å². The summed E-state index contributed by atoms with van der Waals surface area (Å²) >= 11 is 0. The van der Waals surface area contributed by atoms with Crippen LogP contribution in [0.3, 0.4) is 0 Å². The first-order chi connectivity index (χ1) is 28.0. The van der Waals surface area contributed by atoms with Crippen molar-refractivity contribution in [3.8, 4) is 0 Å². The van der Waals surface area contributed by atoms with E-state index in [0.29, 0.717) is 6.42 Å². The molecule has 2 fully saturated rings. The van der Waals surface area contributed by atoms with Crippen molar-refractivity contribution in [2.45, 2.75) is 184 Å². The Balaban J connectivity index is 1.60. The predicted octanol–water partition coefficient (Wildman–Crippen LogP) is 3.59. The zero-order valence-corrected chi connectivity index (χ0v) is 34.5. The average molecular weight is 829 g/mol. The standard InChI is InChI=1S/C43H72O15/c1-3-4-5-6-7-8-9-10-11-12-13-14-15-16-17-18-19-20-21-22-23-24-25-26-35(46)56-32(28-53-31(2)45)29-54-42-41(52)39(50)37(48)34(58-42)30-55-43-40(51)38(49)36(47)33(27-44)57-43/h4-5,7-8,10-11,13-14,32-34,36-44,47-52H,3,6,9,12,15-30H2,1-2H3/b5-4-,8-7-,11-10-,14-13-. The number of carbonyl (C=O) groups excluding carboxylic acids is 2. The minimum atomic E-state index is -1.76. The molecular formula is C43H72O15. The Bertz CT molecular complexity index is 1210. The Labute approximate surface area is 344 Å². The topological polar surface area (TPSA) is 231 Å². The van der Waals surface area contributed by atoms with Gasteiger partial charge in [-0.3, -0.25) is 9.59 Å². The van der Waals surface area contributed by atoms with Gasteiger partial charge < -0.3 is 64.2 Å². The lowest BCUT2D eigenvalue weighted by Gasteiger charge is -2.42. The van der Waals surface area contributed by atoms with Crippen LogP contribution in [0.2, 0.25) is 0 Å². The summed E-state index contributed by atoms with van der Waals surface area (Å²) in [6, 6.07) is 0. The lowest BCUT2D eigenvalue weighted by Crippen LogP contribution is -2.61. The number of ether oxygens (including phenoxy) is 6. The summed E-state index contributed by atoms with van der Waals surface area (Å²) in [5, 5.41) is 71.1. The van der Waals surface area contributed by atoms with Gasteiger partial charge in [0, 0.05) is 13.3 Å². The number of hydrogen-bond acceptors (Lipinski definition) is 15. The van der Waals surface area contributed by atoms with Crippen molar-refractivity contribution in [1.29, 1.82) is 0 Å². The molecule has 0 saturated carbocycles. The van der Waals surface area contributed by atoms with Crippen LogP contribution in [0.5, 0.6) is 0 Å². The lowest BCUT2D eigenvalue weighted by atomic mass is 9.98. The summed E-state index contributed by atoms with van der Waals surface area (Å²) < 4.78 is 32.5. The third-order valence-corrected chi connectivity index (χ3v) is 9.88. The molecule has 15 heteroatoms. The van der Waals surface area contributed by atoms with Crippen molar-refractivity contribution in [2.75, 3.05) is 26.4 Å². The van der Waals surface area contributed by atoms with Gasteiger partial charge in [-0.05, 0) is 44.9 Å². The second-order valence-corrected chi connectivity index (χ2v) is 14.9. The number of allylic oxidation sites excluding steroid dienone is 8. The van der Waals surface area contributed by atoms with Crippen LogP contribution in [-0.4, -0.2) is 142 Å². The van der Waals surface area contributed by atoms with Crippen molar-refractivity contribution in [2.24, 2.45) is 0 Å². The normalized spacial score (nSPS) is 28.6. The maximum absolute atomic E-state index is 12.6. The molecule has 58 heavy (non-hydrogen) atoms. The Kier molecular flexibility index (Phi) is 27.9. The zero-order valence-electron chi connectivity index (χ0n) is 34.5. The molecule has 0 radical (unpaired) electrons. The first-order valence-electron chi connectivity index (χ1n) is 21.2. The maximum atomic E-state index is 12.6. The van der Waals surface area contributed by atoms with Gasteiger partial charge in [-0.2, -0.15) is 0 Å². The van der Waals surface area contributed by atoms with Crippen LogP contribution in [0.25, 0.3) is 0 Å². The molecule has 2 heterocycles. The van der Waals surface area contributed by atoms with Crippen LogP contribution in [-0.2, 0) is 38.0 Å². The van der Waals surface area contributed by atoms with E-state index in [1.54, 1.807) is 0 Å². The van der Waals surface area contributed by atoms with Crippen molar-refractivity contribution in [3.05, 3.63) is 48.6 Å². The van der Waals surface area contributed by atoms with E-state index in [-0.39, 0.29) is 13.0 Å². The van der Waals surface area contributed by atoms with Gasteiger partial charge in [0.25, 0.3) is 0 Å². The number of esters is 2. The van der Waals surface area contributed by atoms with Gasteiger partial charge in [-0.25, -0.2) is 0 Å². The monoisotopic (exact) mass is 828 g/mol. The third-order valence-electron chi connectivity index (χ3n) is 9.88. The summed E-state index contributed by atoms with van der Waals surface area (Å²) in [5.41, 5.74) is 0. The minimum Gasteiger partial charge on any atom is -0.462 e. The number of aliphatic hydroxyl groups excluding tert-OH is 7. The lowest BCUT2D eigenvalue weighted by molar-refractivity contribution is -0.332. The zero-order chi connectivity index (χ0) is 42.5. The summed E-state index contributed by atoms with van der Waals surface area (Å²) in [4.78, 5) is 24.1. The molecule has 0 aromatic heterocycles. The van der Waals surface area contributed by atoms with Crippen LogP contribution in [0.4, 0.5) is 0 Å². The second kappa shape index (κ2) is 31.4. The average Bonchev–Trinajstić information content (AvgIpc) is 3.21. The molecule has 2 aliphatic heterocycles. The Morgan fingerprint density at radius 2 is 1.07 bits per heavy atom. The maximum Gasteiger partial charge on any atom is 0.306 e. The van der Waals surface area contributed by atoms with Crippen LogP contribution in [0.15, 0.2) is 48.6 Å². The molecule has 15 nitrogen and oxygen atoms in total. The summed E-state index contributed by atoms with van der Waals surface area (Å²) in [6.07, 6.45) is 17.1. The first kappa shape index (κ1) is 51.6. The molecule has 0 aromatic rings. The van der Waals surface area contributed by atoms with Crippen molar-refractivity contribution < 1.29 is 73.8 Å². The largest absolute Gasteiger partial charge is 0.462 e. The van der Waals surface area contributed by atoms with Crippen LogP contribution >= 0.6 is 0 Å². The van der Waals surface area contributed by atoms with Gasteiger partial charge in [-0.15, -0.1) is 0 Å². The fourth-order valence-electron chi connectivity index (χ4n) is 6.40. The Hall–Kier alpha value is -2.54. The highest BCUT2D eigenvalue weighted by Crippen LogP contribution is 2.26. The molecule has 2 rings (SSSR count). The van der Waals surface area contributed by atoms with E-state index in [9.17, 15) is 45.3 Å². The highest BCUT2D eigenvalue weighted by atomic mass is 16.7. The van der Waals surface area contributed by atoms with E-state index >= 15 is 0 Å². The van der Waals surface area contributed by atoms with Crippen LogP contribution < -0.4 is 0 Å². The van der Waals surface area contributed by atoms with Gasteiger partial charge in [0.05, 0.1) is 19.8 Å². The number of hydrogen-bond donors (Lipinski definition) is 7. The summed E-state index contributed by atoms with van der Waals surface area (Å²) in [5.74, 6) is -1.13. The molecule has 11 unspecified atom stereocenters. The van der Waals surface area contributed by atoms with Gasteiger partial charge in [0.2, 0.25) is 0 Å². The number of unbranched alkanes of at least 4 members (excludes halogenated alkanes) is 10. The van der Waals surface area contributed by atoms with E-state index in [1.165, 1.54) is 39.0 Å². The van der Waals surface area contributed by atoms with Gasteiger partial charge in [-0.1, -0.05) is 107 Å². The first-order valence-corrected chi connectivity index (χ1v) is 21.2.